The molecule has 2 aliphatic heterocycles. The summed E-state index contributed by atoms with van der Waals surface area (Å²) in [4.78, 5) is 27.1. The van der Waals surface area contributed by atoms with E-state index < -0.39 is 11.9 Å². The summed E-state index contributed by atoms with van der Waals surface area (Å²) in [6, 6.07) is 14.9. The summed E-state index contributed by atoms with van der Waals surface area (Å²) >= 11 is 3.41. The van der Waals surface area contributed by atoms with Crippen molar-refractivity contribution < 1.29 is 19.1 Å². The van der Waals surface area contributed by atoms with Crippen molar-refractivity contribution in [1.82, 2.24) is 0 Å². The van der Waals surface area contributed by atoms with Gasteiger partial charge in [0.2, 0.25) is 11.8 Å². The van der Waals surface area contributed by atoms with Crippen LogP contribution in [-0.4, -0.2) is 18.5 Å². The third-order valence-electron chi connectivity index (χ3n) is 4.48. The van der Waals surface area contributed by atoms with Gasteiger partial charge in [0.1, 0.15) is 5.57 Å². The van der Waals surface area contributed by atoms with Gasteiger partial charge in [-0.05, 0) is 30.7 Å². The molecular formula is C20H16BrNO4. The van der Waals surface area contributed by atoms with Crippen molar-refractivity contribution in [3.63, 3.8) is 0 Å². The van der Waals surface area contributed by atoms with E-state index in [0.29, 0.717) is 17.0 Å². The van der Waals surface area contributed by atoms with Gasteiger partial charge < -0.3 is 9.47 Å². The first kappa shape index (κ1) is 16.8. The SMILES string of the molecule is CCOC(=O)C1=C2Oc3cc(Br)ccc3N2C(=O)C[C@@H]1c1ccccc1. The molecule has 6 heteroatoms. The highest BCUT2D eigenvalue weighted by molar-refractivity contribution is 9.10. The van der Waals surface area contributed by atoms with Gasteiger partial charge in [-0.25, -0.2) is 9.69 Å². The number of nitrogens with zero attached hydrogens (tertiary/aromatic N) is 1. The molecule has 0 aliphatic carbocycles. The molecule has 2 aromatic rings. The minimum absolute atomic E-state index is 0.108. The van der Waals surface area contributed by atoms with Crippen molar-refractivity contribution in [3.8, 4) is 5.75 Å². The van der Waals surface area contributed by atoms with Gasteiger partial charge >= 0.3 is 5.97 Å². The van der Waals surface area contributed by atoms with Crippen LogP contribution in [-0.2, 0) is 14.3 Å². The van der Waals surface area contributed by atoms with Crippen LogP contribution in [0.1, 0.15) is 24.8 Å². The molecule has 2 aliphatic rings. The molecule has 0 bridgehead atoms. The van der Waals surface area contributed by atoms with E-state index in [0.717, 1.165) is 10.0 Å². The van der Waals surface area contributed by atoms with Crippen molar-refractivity contribution in [3.05, 3.63) is 70.0 Å². The normalized spacial score (nSPS) is 18.3. The van der Waals surface area contributed by atoms with Gasteiger partial charge in [-0.15, -0.1) is 0 Å². The Hall–Kier alpha value is -2.60. The fourth-order valence-electron chi connectivity index (χ4n) is 3.36. The summed E-state index contributed by atoms with van der Waals surface area (Å²) in [6.45, 7) is 2.01. The molecule has 0 spiro atoms. The first-order valence-corrected chi connectivity index (χ1v) is 9.16. The van der Waals surface area contributed by atoms with Crippen LogP contribution in [0, 0.1) is 0 Å². The van der Waals surface area contributed by atoms with Crippen LogP contribution in [0.15, 0.2) is 64.5 Å². The van der Waals surface area contributed by atoms with Crippen molar-refractivity contribution in [2.75, 3.05) is 11.5 Å². The number of amides is 1. The molecule has 2 heterocycles. The summed E-state index contributed by atoms with van der Waals surface area (Å²) in [5.41, 5.74) is 1.91. The highest BCUT2D eigenvalue weighted by atomic mass is 79.9. The van der Waals surface area contributed by atoms with Gasteiger partial charge in [0.15, 0.2) is 5.75 Å². The molecule has 0 saturated carbocycles. The number of benzene rings is 2. The number of fused-ring (bicyclic) bond motifs is 3. The minimum Gasteiger partial charge on any atom is -0.462 e. The van der Waals surface area contributed by atoms with Gasteiger partial charge in [-0.3, -0.25) is 4.79 Å². The lowest BCUT2D eigenvalue weighted by molar-refractivity contribution is -0.139. The van der Waals surface area contributed by atoms with Crippen LogP contribution in [0.25, 0.3) is 0 Å². The average molecular weight is 414 g/mol. The first-order valence-electron chi connectivity index (χ1n) is 8.36. The number of anilines is 1. The molecule has 0 unspecified atom stereocenters. The topological polar surface area (TPSA) is 55.8 Å². The summed E-state index contributed by atoms with van der Waals surface area (Å²) < 4.78 is 12.1. The second kappa shape index (κ2) is 6.61. The molecule has 0 radical (unpaired) electrons. The molecule has 0 aromatic heterocycles. The van der Waals surface area contributed by atoms with Gasteiger partial charge in [0, 0.05) is 16.8 Å². The number of rotatable bonds is 3. The van der Waals surface area contributed by atoms with Gasteiger partial charge in [-0.2, -0.15) is 0 Å². The monoisotopic (exact) mass is 413 g/mol. The molecule has 132 valence electrons. The van der Waals surface area contributed by atoms with E-state index in [-0.39, 0.29) is 24.8 Å². The zero-order chi connectivity index (χ0) is 18.3. The molecule has 1 amide bonds. The Morgan fingerprint density at radius 3 is 2.77 bits per heavy atom. The maximum atomic E-state index is 12.9. The minimum atomic E-state index is -0.458. The maximum absolute atomic E-state index is 12.9. The van der Waals surface area contributed by atoms with Gasteiger partial charge in [-0.1, -0.05) is 46.3 Å². The van der Waals surface area contributed by atoms with Crippen LogP contribution in [0.4, 0.5) is 5.69 Å². The lowest BCUT2D eigenvalue weighted by atomic mass is 9.85. The van der Waals surface area contributed by atoms with Crippen molar-refractivity contribution in [1.29, 1.82) is 0 Å². The number of hydrogen-bond donors (Lipinski definition) is 0. The van der Waals surface area contributed by atoms with E-state index in [2.05, 4.69) is 15.9 Å². The number of hydrogen-bond acceptors (Lipinski definition) is 4. The van der Waals surface area contributed by atoms with E-state index >= 15 is 0 Å². The lowest BCUT2D eigenvalue weighted by Gasteiger charge is -2.30. The Bertz CT molecular complexity index is 923. The van der Waals surface area contributed by atoms with E-state index in [9.17, 15) is 9.59 Å². The number of carbonyl (C=O) groups excluding carboxylic acids is 2. The Labute approximate surface area is 159 Å². The van der Waals surface area contributed by atoms with Crippen LogP contribution in [0.3, 0.4) is 0 Å². The molecule has 0 fully saturated rings. The summed E-state index contributed by atoms with van der Waals surface area (Å²) in [7, 11) is 0. The molecule has 0 N–H and O–H groups in total. The highest BCUT2D eigenvalue weighted by Gasteiger charge is 2.44. The standard InChI is InChI=1S/C20H16BrNO4/c1-2-25-20(24)18-14(12-6-4-3-5-7-12)11-17(23)22-15-9-8-13(21)10-16(15)26-19(18)22/h3-10,14H,2,11H2,1H3/t14-/m1/s1. The Kier molecular flexibility index (Phi) is 4.28. The lowest BCUT2D eigenvalue weighted by Crippen LogP contribution is -2.38. The fourth-order valence-corrected chi connectivity index (χ4v) is 3.70. The second-order valence-corrected chi connectivity index (χ2v) is 6.97. The molecule has 5 nitrogen and oxygen atoms in total. The zero-order valence-electron chi connectivity index (χ0n) is 14.1. The third kappa shape index (κ3) is 2.70. The molecule has 1 atom stereocenters. The molecule has 4 rings (SSSR count). The smallest absolute Gasteiger partial charge is 0.340 e. The Morgan fingerprint density at radius 1 is 1.27 bits per heavy atom. The fraction of sp³-hybridized carbons (Fsp3) is 0.200. The quantitative estimate of drug-likeness (QED) is 0.709. The van der Waals surface area contributed by atoms with Crippen LogP contribution in [0.2, 0.25) is 0 Å². The van der Waals surface area contributed by atoms with Crippen molar-refractivity contribution in [2.45, 2.75) is 19.3 Å². The van der Waals surface area contributed by atoms with Gasteiger partial charge in [0.05, 0.1) is 12.3 Å². The van der Waals surface area contributed by atoms with Crippen LogP contribution in [0.5, 0.6) is 5.75 Å². The Balaban J connectivity index is 1.89. The Morgan fingerprint density at radius 2 is 2.04 bits per heavy atom. The van der Waals surface area contributed by atoms with E-state index in [4.69, 9.17) is 9.47 Å². The number of carbonyl (C=O) groups is 2. The van der Waals surface area contributed by atoms with E-state index in [1.165, 1.54) is 4.90 Å². The molecular weight excluding hydrogens is 398 g/mol. The molecule has 26 heavy (non-hydrogen) atoms. The third-order valence-corrected chi connectivity index (χ3v) is 4.97. The van der Waals surface area contributed by atoms with Crippen LogP contribution >= 0.6 is 15.9 Å². The number of halogens is 1. The van der Waals surface area contributed by atoms with Crippen LogP contribution < -0.4 is 9.64 Å². The zero-order valence-corrected chi connectivity index (χ0v) is 15.7. The maximum Gasteiger partial charge on any atom is 0.340 e. The molecule has 2 aromatic carbocycles. The van der Waals surface area contributed by atoms with Gasteiger partial charge in [0.25, 0.3) is 0 Å². The molecule has 0 saturated heterocycles. The first-order chi connectivity index (χ1) is 12.6. The summed E-state index contributed by atoms with van der Waals surface area (Å²) in [5.74, 6) is -0.171. The van der Waals surface area contributed by atoms with E-state index in [1.54, 1.807) is 19.1 Å². The van der Waals surface area contributed by atoms with Crippen molar-refractivity contribution in [2.24, 2.45) is 0 Å². The summed E-state index contributed by atoms with van der Waals surface area (Å²) in [5, 5.41) is 0. The predicted molar refractivity (Wildman–Crippen MR) is 99.7 cm³/mol. The largest absolute Gasteiger partial charge is 0.462 e. The summed E-state index contributed by atoms with van der Waals surface area (Å²) in [6.07, 6.45) is 0.181. The van der Waals surface area contributed by atoms with Crippen molar-refractivity contribution >= 4 is 33.5 Å². The highest BCUT2D eigenvalue weighted by Crippen LogP contribution is 2.47. The van der Waals surface area contributed by atoms with E-state index in [1.807, 2.05) is 36.4 Å². The number of esters is 1. The average Bonchev–Trinajstić information content (AvgIpc) is 3.01. The number of ether oxygens (including phenoxy) is 2. The second-order valence-electron chi connectivity index (χ2n) is 6.05. The predicted octanol–water partition coefficient (Wildman–Crippen LogP) is 4.14.